The molecule has 0 spiro atoms. The number of primary amides is 1. The molecule has 0 unspecified atom stereocenters. The molecule has 3 amide bonds. The quantitative estimate of drug-likeness (QED) is 0.283. The van der Waals surface area contributed by atoms with Gasteiger partial charge in [0, 0.05) is 42.3 Å². The van der Waals surface area contributed by atoms with Crippen molar-refractivity contribution in [2.75, 3.05) is 30.8 Å². The Kier molecular flexibility index (Phi) is 7.21. The van der Waals surface area contributed by atoms with E-state index in [-0.39, 0.29) is 11.6 Å². The van der Waals surface area contributed by atoms with Gasteiger partial charge in [-0.1, -0.05) is 42.5 Å². The normalized spacial score (nSPS) is 13.7. The average Bonchev–Trinajstić information content (AvgIpc) is 3.38. The van der Waals surface area contributed by atoms with Gasteiger partial charge in [-0.2, -0.15) is 5.10 Å². The number of urea groups is 1. The molecule has 1 fully saturated rings. The lowest BCUT2D eigenvalue weighted by atomic mass is 9.90. The first kappa shape index (κ1) is 24.8. The average molecular weight is 512 g/mol. The number of piperidine rings is 1. The Morgan fingerprint density at radius 1 is 1.03 bits per heavy atom. The fourth-order valence-electron chi connectivity index (χ4n) is 4.68. The number of nitrogens with one attached hydrogen (secondary N) is 3. The predicted octanol–water partition coefficient (Wildman–Crippen LogP) is 4.73. The fraction of sp³-hybridized carbons (Fsp3) is 0.214. The first-order chi connectivity index (χ1) is 18.5. The van der Waals surface area contributed by atoms with Crippen molar-refractivity contribution >= 4 is 29.1 Å². The number of hydrogen-bond acceptors (Lipinski definition) is 6. The molecule has 0 saturated carbocycles. The van der Waals surface area contributed by atoms with Gasteiger partial charge in [0.2, 0.25) is 5.88 Å². The van der Waals surface area contributed by atoms with Crippen LogP contribution in [0.15, 0.2) is 72.9 Å². The summed E-state index contributed by atoms with van der Waals surface area (Å²) in [4.78, 5) is 31.1. The van der Waals surface area contributed by atoms with Crippen molar-refractivity contribution in [1.29, 1.82) is 0 Å². The van der Waals surface area contributed by atoms with Crippen molar-refractivity contribution in [1.82, 2.24) is 20.1 Å². The number of amides is 3. The number of likely N-dealkylation sites (tertiary alicyclic amines) is 1. The minimum atomic E-state index is -0.631. The van der Waals surface area contributed by atoms with Crippen LogP contribution in [0, 0.1) is 0 Å². The van der Waals surface area contributed by atoms with Crippen LogP contribution >= 0.6 is 0 Å². The summed E-state index contributed by atoms with van der Waals surface area (Å²) in [5.74, 6) is 0.631. The number of ether oxygens (including phenoxy) is 1. The van der Waals surface area contributed by atoms with E-state index in [1.54, 1.807) is 42.6 Å². The summed E-state index contributed by atoms with van der Waals surface area (Å²) >= 11 is 0. The van der Waals surface area contributed by atoms with Crippen LogP contribution in [-0.4, -0.2) is 52.2 Å². The molecule has 2 aromatic carbocycles. The van der Waals surface area contributed by atoms with Gasteiger partial charge in [0.25, 0.3) is 5.91 Å². The fourth-order valence-corrected chi connectivity index (χ4v) is 4.68. The van der Waals surface area contributed by atoms with Gasteiger partial charge in [0.1, 0.15) is 17.1 Å². The zero-order valence-electron chi connectivity index (χ0n) is 21.0. The Balaban J connectivity index is 1.24. The molecule has 10 nitrogen and oxygen atoms in total. The van der Waals surface area contributed by atoms with Crippen LogP contribution in [0.3, 0.4) is 0 Å². The summed E-state index contributed by atoms with van der Waals surface area (Å²) in [5.41, 5.74) is 9.63. The topological polar surface area (TPSA) is 138 Å². The van der Waals surface area contributed by atoms with Gasteiger partial charge in [-0.25, -0.2) is 9.78 Å². The zero-order valence-corrected chi connectivity index (χ0v) is 21.0. The van der Waals surface area contributed by atoms with E-state index in [2.05, 4.69) is 50.1 Å². The molecule has 1 aliphatic heterocycles. The molecule has 3 heterocycles. The van der Waals surface area contributed by atoms with Crippen LogP contribution in [0.4, 0.5) is 22.0 Å². The predicted molar refractivity (Wildman–Crippen MR) is 146 cm³/mol. The first-order valence-corrected chi connectivity index (χ1v) is 12.4. The van der Waals surface area contributed by atoms with Crippen molar-refractivity contribution in [3.63, 3.8) is 0 Å². The van der Waals surface area contributed by atoms with Gasteiger partial charge in [-0.15, -0.1) is 0 Å². The second kappa shape index (κ2) is 11.0. The molecule has 5 N–H and O–H groups in total. The van der Waals surface area contributed by atoms with E-state index in [1.807, 2.05) is 11.0 Å². The number of benzene rings is 2. The Labute approximate surface area is 220 Å². The molecule has 10 heteroatoms. The number of nitrogens with two attached hydrogens (primary N) is 1. The molecular formula is C28H29N7O3. The number of hydrogen-bond donors (Lipinski definition) is 4. The number of aromatic amines is 1. The maximum atomic E-state index is 12.8. The monoisotopic (exact) mass is 511 g/mol. The standard InChI is InChI=1S/C28H29N7O3/c1-38-23-17-22(11-14-30-23)31-27-24(26(29)36)25(33-34-27)20-7-9-21(10-8-20)32-28(37)35-15-12-19(13-16-35)18-5-3-2-4-6-18/h2-11,14,17,19H,12-13,15-16H2,1H3,(H2,29,36)(H,32,37)(H2,30,31,33,34). The summed E-state index contributed by atoms with van der Waals surface area (Å²) in [6.07, 6.45) is 3.46. The highest BCUT2D eigenvalue weighted by atomic mass is 16.5. The lowest BCUT2D eigenvalue weighted by Crippen LogP contribution is -2.40. The summed E-state index contributed by atoms with van der Waals surface area (Å²) in [6.45, 7) is 1.41. The van der Waals surface area contributed by atoms with Gasteiger partial charge < -0.3 is 26.0 Å². The molecule has 0 bridgehead atoms. The van der Waals surface area contributed by atoms with Crippen molar-refractivity contribution in [3.8, 4) is 17.1 Å². The molecule has 4 aromatic rings. The lowest BCUT2D eigenvalue weighted by molar-refractivity contribution is 0.100. The minimum Gasteiger partial charge on any atom is -0.481 e. The Hall–Kier alpha value is -4.86. The van der Waals surface area contributed by atoms with Crippen LogP contribution in [0.1, 0.15) is 34.7 Å². The molecule has 194 valence electrons. The van der Waals surface area contributed by atoms with Gasteiger partial charge in [0.15, 0.2) is 0 Å². The third-order valence-corrected chi connectivity index (χ3v) is 6.69. The van der Waals surface area contributed by atoms with Crippen molar-refractivity contribution < 1.29 is 14.3 Å². The molecule has 5 rings (SSSR count). The van der Waals surface area contributed by atoms with Crippen LogP contribution < -0.4 is 21.1 Å². The van der Waals surface area contributed by atoms with Crippen molar-refractivity contribution in [2.24, 2.45) is 5.73 Å². The lowest BCUT2D eigenvalue weighted by Gasteiger charge is -2.32. The number of carbonyl (C=O) groups is 2. The molecule has 38 heavy (non-hydrogen) atoms. The number of pyridine rings is 1. The molecule has 2 aromatic heterocycles. The number of anilines is 3. The smallest absolute Gasteiger partial charge is 0.321 e. The van der Waals surface area contributed by atoms with E-state index < -0.39 is 5.91 Å². The van der Waals surface area contributed by atoms with E-state index in [0.717, 1.165) is 12.8 Å². The maximum Gasteiger partial charge on any atom is 0.321 e. The highest BCUT2D eigenvalue weighted by Gasteiger charge is 2.24. The molecular weight excluding hydrogens is 482 g/mol. The van der Waals surface area contributed by atoms with E-state index >= 15 is 0 Å². The van der Waals surface area contributed by atoms with E-state index in [1.165, 1.54) is 12.7 Å². The third-order valence-electron chi connectivity index (χ3n) is 6.69. The summed E-state index contributed by atoms with van der Waals surface area (Å²) in [6, 6.07) is 20.9. The number of rotatable bonds is 7. The summed E-state index contributed by atoms with van der Waals surface area (Å²) < 4.78 is 5.14. The zero-order chi connectivity index (χ0) is 26.5. The van der Waals surface area contributed by atoms with Crippen LogP contribution in [0.5, 0.6) is 5.88 Å². The van der Waals surface area contributed by atoms with Crippen molar-refractivity contribution in [3.05, 3.63) is 84.1 Å². The van der Waals surface area contributed by atoms with Crippen LogP contribution in [0.25, 0.3) is 11.3 Å². The summed E-state index contributed by atoms with van der Waals surface area (Å²) in [7, 11) is 1.52. The Morgan fingerprint density at radius 3 is 2.45 bits per heavy atom. The van der Waals surface area contributed by atoms with Gasteiger partial charge in [-0.05, 0) is 42.5 Å². The van der Waals surface area contributed by atoms with Gasteiger partial charge in [-0.3, -0.25) is 9.89 Å². The first-order valence-electron chi connectivity index (χ1n) is 12.4. The molecule has 0 atom stereocenters. The molecule has 0 aliphatic carbocycles. The molecule has 0 radical (unpaired) electrons. The third kappa shape index (κ3) is 5.44. The summed E-state index contributed by atoms with van der Waals surface area (Å²) in [5, 5.41) is 13.2. The van der Waals surface area contributed by atoms with Gasteiger partial charge >= 0.3 is 6.03 Å². The number of aromatic nitrogens is 3. The second-order valence-corrected chi connectivity index (χ2v) is 9.08. The van der Waals surface area contributed by atoms with Crippen LogP contribution in [0.2, 0.25) is 0 Å². The van der Waals surface area contributed by atoms with E-state index in [0.29, 0.717) is 53.3 Å². The number of nitrogens with zero attached hydrogens (tertiary/aromatic N) is 3. The highest BCUT2D eigenvalue weighted by molar-refractivity contribution is 6.04. The van der Waals surface area contributed by atoms with Gasteiger partial charge in [0.05, 0.1) is 7.11 Å². The largest absolute Gasteiger partial charge is 0.481 e. The van der Waals surface area contributed by atoms with E-state index in [4.69, 9.17) is 10.5 Å². The van der Waals surface area contributed by atoms with Crippen LogP contribution in [-0.2, 0) is 0 Å². The Bertz CT molecular complexity index is 1410. The second-order valence-electron chi connectivity index (χ2n) is 9.08. The Morgan fingerprint density at radius 2 is 1.76 bits per heavy atom. The van der Waals surface area contributed by atoms with E-state index in [9.17, 15) is 9.59 Å². The van der Waals surface area contributed by atoms with Crippen molar-refractivity contribution in [2.45, 2.75) is 18.8 Å². The minimum absolute atomic E-state index is 0.124. The highest BCUT2D eigenvalue weighted by Crippen LogP contribution is 2.31. The number of carbonyl (C=O) groups excluding carboxylic acids is 2. The maximum absolute atomic E-state index is 12.8. The number of methoxy groups -OCH3 is 1. The SMILES string of the molecule is COc1cc(Nc2[nH]nc(-c3ccc(NC(=O)N4CCC(c5ccccc5)CC4)cc3)c2C(N)=O)ccn1. The molecule has 1 aliphatic rings. The number of H-pyrrole nitrogens is 1. The molecule has 1 saturated heterocycles.